The van der Waals surface area contributed by atoms with Crippen LogP contribution in [0.3, 0.4) is 0 Å². The number of benzene rings is 1. The first-order valence-electron chi connectivity index (χ1n) is 5.47. The predicted octanol–water partition coefficient (Wildman–Crippen LogP) is 4.25. The smallest absolute Gasteiger partial charge is 0.131 e. The molecule has 5 heteroatoms. The van der Waals surface area contributed by atoms with E-state index in [-0.39, 0.29) is 11.9 Å². The molecule has 0 amide bonds. The highest BCUT2D eigenvalue weighted by molar-refractivity contribution is 9.10. The molecule has 2 N–H and O–H groups in total. The standard InChI is InChI=1S/C13H13BrFNOS/c1-8(16)10-3-2-9(6-12(10)15)17-7-13-11(14)4-5-18-13/h2-6,8H,7,16H2,1H3. The van der Waals surface area contributed by atoms with E-state index in [2.05, 4.69) is 15.9 Å². The second-order valence-electron chi connectivity index (χ2n) is 3.95. The summed E-state index contributed by atoms with van der Waals surface area (Å²) in [6.45, 7) is 2.18. The number of halogens is 2. The summed E-state index contributed by atoms with van der Waals surface area (Å²) in [5.41, 5.74) is 6.15. The summed E-state index contributed by atoms with van der Waals surface area (Å²) >= 11 is 5.02. The van der Waals surface area contributed by atoms with Gasteiger partial charge in [0.05, 0.1) is 4.88 Å². The molecule has 2 aromatic rings. The van der Waals surface area contributed by atoms with E-state index in [0.717, 1.165) is 9.35 Å². The van der Waals surface area contributed by atoms with Gasteiger partial charge in [0.25, 0.3) is 0 Å². The van der Waals surface area contributed by atoms with Crippen LogP contribution in [-0.2, 0) is 6.61 Å². The van der Waals surface area contributed by atoms with Gasteiger partial charge in [0.15, 0.2) is 0 Å². The van der Waals surface area contributed by atoms with E-state index in [1.165, 1.54) is 6.07 Å². The first kappa shape index (κ1) is 13.5. The minimum absolute atomic E-state index is 0.314. The van der Waals surface area contributed by atoms with Gasteiger partial charge in [-0.3, -0.25) is 0 Å². The Morgan fingerprint density at radius 2 is 2.22 bits per heavy atom. The number of nitrogens with two attached hydrogens (primary N) is 1. The third kappa shape index (κ3) is 3.10. The van der Waals surface area contributed by atoms with Gasteiger partial charge in [0, 0.05) is 22.1 Å². The summed E-state index contributed by atoms with van der Waals surface area (Å²) in [6, 6.07) is 6.43. The Bertz CT molecular complexity index is 542. The van der Waals surface area contributed by atoms with Crippen molar-refractivity contribution in [3.8, 4) is 5.75 Å². The maximum atomic E-state index is 13.7. The van der Waals surface area contributed by atoms with Crippen LogP contribution in [0.4, 0.5) is 4.39 Å². The van der Waals surface area contributed by atoms with Gasteiger partial charge in [-0.2, -0.15) is 0 Å². The summed E-state index contributed by atoms with van der Waals surface area (Å²) in [5.74, 6) is 0.185. The van der Waals surface area contributed by atoms with Crippen molar-refractivity contribution in [3.63, 3.8) is 0 Å². The molecule has 2 nitrogen and oxygen atoms in total. The number of hydrogen-bond acceptors (Lipinski definition) is 3. The van der Waals surface area contributed by atoms with Gasteiger partial charge in [-0.1, -0.05) is 6.07 Å². The van der Waals surface area contributed by atoms with E-state index in [9.17, 15) is 4.39 Å². The second-order valence-corrected chi connectivity index (χ2v) is 5.81. The van der Waals surface area contributed by atoms with Gasteiger partial charge in [-0.05, 0) is 40.4 Å². The Kier molecular flexibility index (Phi) is 4.37. The van der Waals surface area contributed by atoms with E-state index in [1.54, 1.807) is 30.4 Å². The normalized spacial score (nSPS) is 12.4. The van der Waals surface area contributed by atoms with Crippen LogP contribution < -0.4 is 10.5 Å². The first-order chi connectivity index (χ1) is 8.58. The Morgan fingerprint density at radius 3 is 2.78 bits per heavy atom. The van der Waals surface area contributed by atoms with E-state index < -0.39 is 0 Å². The van der Waals surface area contributed by atoms with Crippen LogP contribution in [0.25, 0.3) is 0 Å². The second kappa shape index (κ2) is 5.82. The molecule has 18 heavy (non-hydrogen) atoms. The monoisotopic (exact) mass is 329 g/mol. The molecule has 1 atom stereocenters. The Labute approximate surface area is 118 Å². The van der Waals surface area contributed by atoms with E-state index >= 15 is 0 Å². The zero-order valence-corrected chi connectivity index (χ0v) is 12.2. The molecule has 2 rings (SSSR count). The largest absolute Gasteiger partial charge is 0.488 e. The highest BCUT2D eigenvalue weighted by Crippen LogP contribution is 2.25. The molecule has 0 saturated heterocycles. The third-order valence-corrected chi connectivity index (χ3v) is 4.42. The molecule has 96 valence electrons. The van der Waals surface area contributed by atoms with Crippen molar-refractivity contribution in [2.24, 2.45) is 5.73 Å². The summed E-state index contributed by atoms with van der Waals surface area (Å²) in [4.78, 5) is 1.08. The average molecular weight is 330 g/mol. The van der Waals surface area contributed by atoms with Crippen molar-refractivity contribution in [2.45, 2.75) is 19.6 Å². The summed E-state index contributed by atoms with van der Waals surface area (Å²) in [7, 11) is 0. The lowest BCUT2D eigenvalue weighted by atomic mass is 10.1. The van der Waals surface area contributed by atoms with Crippen LogP contribution in [0.5, 0.6) is 5.75 Å². The zero-order valence-electron chi connectivity index (χ0n) is 9.82. The molecule has 0 aliphatic carbocycles. The maximum Gasteiger partial charge on any atom is 0.131 e. The molecule has 0 bridgehead atoms. The highest BCUT2D eigenvalue weighted by atomic mass is 79.9. The quantitative estimate of drug-likeness (QED) is 0.910. The van der Waals surface area contributed by atoms with Crippen molar-refractivity contribution in [1.29, 1.82) is 0 Å². The van der Waals surface area contributed by atoms with Gasteiger partial charge >= 0.3 is 0 Å². The Hall–Kier alpha value is -0.910. The fourth-order valence-corrected chi connectivity index (χ4v) is 2.92. The molecule has 1 heterocycles. The van der Waals surface area contributed by atoms with Crippen LogP contribution >= 0.6 is 27.3 Å². The van der Waals surface area contributed by atoms with Gasteiger partial charge < -0.3 is 10.5 Å². The van der Waals surface area contributed by atoms with Crippen molar-refractivity contribution in [3.05, 3.63) is 50.4 Å². The third-order valence-electron chi connectivity index (χ3n) is 2.52. The fourth-order valence-electron chi connectivity index (χ4n) is 1.54. The topological polar surface area (TPSA) is 35.2 Å². The average Bonchev–Trinajstić information content (AvgIpc) is 2.72. The molecule has 0 aliphatic rings. The minimum Gasteiger partial charge on any atom is -0.488 e. The Balaban J connectivity index is 2.07. The summed E-state index contributed by atoms with van der Waals surface area (Å²) in [5, 5.41) is 1.97. The maximum absolute atomic E-state index is 13.7. The van der Waals surface area contributed by atoms with E-state index in [4.69, 9.17) is 10.5 Å². The summed E-state index contributed by atoms with van der Waals surface area (Å²) < 4.78 is 20.2. The van der Waals surface area contributed by atoms with Crippen LogP contribution in [0.1, 0.15) is 23.4 Å². The molecule has 0 fully saturated rings. The molecular formula is C13H13BrFNOS. The molecule has 1 unspecified atom stereocenters. The molecule has 0 radical (unpaired) electrons. The van der Waals surface area contributed by atoms with Gasteiger partial charge in [-0.15, -0.1) is 11.3 Å². The number of rotatable bonds is 4. The van der Waals surface area contributed by atoms with Crippen LogP contribution in [0, 0.1) is 5.82 Å². The lowest BCUT2D eigenvalue weighted by Gasteiger charge is -2.10. The van der Waals surface area contributed by atoms with E-state index in [0.29, 0.717) is 17.9 Å². The summed E-state index contributed by atoms with van der Waals surface area (Å²) in [6.07, 6.45) is 0. The highest BCUT2D eigenvalue weighted by Gasteiger charge is 2.09. The van der Waals surface area contributed by atoms with Gasteiger partial charge in [0.2, 0.25) is 0 Å². The molecule has 0 aliphatic heterocycles. The Morgan fingerprint density at radius 1 is 1.44 bits per heavy atom. The molecule has 1 aromatic heterocycles. The van der Waals surface area contributed by atoms with Crippen LogP contribution in [0.2, 0.25) is 0 Å². The lowest BCUT2D eigenvalue weighted by molar-refractivity contribution is 0.307. The van der Waals surface area contributed by atoms with Crippen molar-refractivity contribution >= 4 is 27.3 Å². The van der Waals surface area contributed by atoms with E-state index in [1.807, 2.05) is 11.4 Å². The van der Waals surface area contributed by atoms with Crippen molar-refractivity contribution in [1.82, 2.24) is 0 Å². The zero-order chi connectivity index (χ0) is 13.1. The predicted molar refractivity (Wildman–Crippen MR) is 75.4 cm³/mol. The SMILES string of the molecule is CC(N)c1ccc(OCc2sccc2Br)cc1F. The molecule has 1 aromatic carbocycles. The fraction of sp³-hybridized carbons (Fsp3) is 0.231. The first-order valence-corrected chi connectivity index (χ1v) is 7.15. The molecule has 0 spiro atoms. The number of thiophene rings is 1. The van der Waals surface area contributed by atoms with Gasteiger partial charge in [-0.25, -0.2) is 4.39 Å². The molecule has 0 saturated carbocycles. The lowest BCUT2D eigenvalue weighted by Crippen LogP contribution is -2.07. The number of ether oxygens (including phenoxy) is 1. The minimum atomic E-state index is -0.326. The van der Waals surface area contributed by atoms with Crippen molar-refractivity contribution in [2.75, 3.05) is 0 Å². The molecular weight excluding hydrogens is 317 g/mol. The number of hydrogen-bond donors (Lipinski definition) is 1. The van der Waals surface area contributed by atoms with Gasteiger partial charge in [0.1, 0.15) is 18.2 Å². The van der Waals surface area contributed by atoms with Crippen molar-refractivity contribution < 1.29 is 9.13 Å². The van der Waals surface area contributed by atoms with Crippen LogP contribution in [-0.4, -0.2) is 0 Å². The van der Waals surface area contributed by atoms with Crippen LogP contribution in [0.15, 0.2) is 34.1 Å².